The van der Waals surface area contributed by atoms with E-state index in [1.165, 1.54) is 44.9 Å². The Bertz CT molecular complexity index is 1180. The predicted octanol–water partition coefficient (Wildman–Crippen LogP) is 8.61. The molecule has 344 valence electrons. The lowest BCUT2D eigenvalue weighted by Gasteiger charge is -2.41. The summed E-state index contributed by atoms with van der Waals surface area (Å²) in [5.74, 6) is -1.12. The summed E-state index contributed by atoms with van der Waals surface area (Å²) in [6.07, 6.45) is 26.2. The number of ether oxygens (including phenoxy) is 2. The lowest BCUT2D eigenvalue weighted by Crippen LogP contribution is -2.64. The molecule has 59 heavy (non-hydrogen) atoms. The van der Waals surface area contributed by atoms with Crippen molar-refractivity contribution in [2.45, 2.75) is 224 Å². The van der Waals surface area contributed by atoms with Crippen LogP contribution in [-0.2, 0) is 32.7 Å². The molecule has 1 fully saturated rings. The maximum Gasteiger partial charge on any atom is 0.472 e. The fourth-order valence-electron chi connectivity index (χ4n) is 6.72. The van der Waals surface area contributed by atoms with Crippen LogP contribution in [0.15, 0.2) is 36.5 Å². The number of aliphatic hydroxyl groups is 5. The van der Waals surface area contributed by atoms with Crippen LogP contribution in [-0.4, -0.2) is 98.3 Å². The monoisotopic (exact) mass is 861 g/mol. The Labute approximate surface area is 355 Å². The average Bonchev–Trinajstić information content (AvgIpc) is 3.21. The van der Waals surface area contributed by atoms with Crippen LogP contribution in [0.4, 0.5) is 0 Å². The fraction of sp³-hybridized carbons (Fsp3) is 0.822. The normalized spacial score (nSPS) is 22.6. The summed E-state index contributed by atoms with van der Waals surface area (Å²) in [6.45, 7) is 3.24. The van der Waals surface area contributed by atoms with Crippen molar-refractivity contribution in [3.8, 4) is 0 Å². The van der Waals surface area contributed by atoms with Crippen molar-refractivity contribution in [2.75, 3.05) is 13.2 Å². The molecule has 0 heterocycles. The average molecular weight is 861 g/mol. The van der Waals surface area contributed by atoms with Gasteiger partial charge in [0.05, 0.1) is 6.61 Å². The van der Waals surface area contributed by atoms with E-state index >= 15 is 0 Å². The van der Waals surface area contributed by atoms with Crippen molar-refractivity contribution in [2.24, 2.45) is 0 Å². The van der Waals surface area contributed by atoms with Gasteiger partial charge in [-0.15, -0.1) is 0 Å². The molecule has 1 aliphatic carbocycles. The van der Waals surface area contributed by atoms with E-state index in [1.54, 1.807) is 0 Å². The summed E-state index contributed by atoms with van der Waals surface area (Å²) in [7, 11) is -5.12. The third-order valence-electron chi connectivity index (χ3n) is 10.5. The molecule has 6 unspecified atom stereocenters. The predicted molar refractivity (Wildman–Crippen MR) is 230 cm³/mol. The highest BCUT2D eigenvalue weighted by molar-refractivity contribution is 7.47. The number of phosphoric ester groups is 1. The number of rotatable bonds is 37. The SMILES string of the molecule is CCCCC/C=C\C/C=C\CCCCCCCCCC(=O)O[C@H](COC(=O)CCCCCCC/C=C\CCCCCC)COP(=O)(O)OC1C(O)C(O)C(O)[C@@H](O)C1O. The highest BCUT2D eigenvalue weighted by Gasteiger charge is 2.51. The van der Waals surface area contributed by atoms with Crippen LogP contribution in [0.1, 0.15) is 181 Å². The van der Waals surface area contributed by atoms with Crippen molar-refractivity contribution in [1.29, 1.82) is 0 Å². The Hall–Kier alpha value is -1.93. The molecule has 0 aromatic rings. The van der Waals surface area contributed by atoms with E-state index in [4.69, 9.17) is 18.5 Å². The van der Waals surface area contributed by atoms with Crippen molar-refractivity contribution < 1.29 is 63.1 Å². The lowest BCUT2D eigenvalue weighted by atomic mass is 9.85. The van der Waals surface area contributed by atoms with E-state index in [0.717, 1.165) is 96.3 Å². The molecule has 13 nitrogen and oxygen atoms in total. The summed E-state index contributed by atoms with van der Waals surface area (Å²) in [5.41, 5.74) is 0. The number of phosphoric acid groups is 1. The molecular formula is C45H81O13P. The third kappa shape index (κ3) is 28.3. The van der Waals surface area contributed by atoms with Gasteiger partial charge in [0, 0.05) is 12.8 Å². The zero-order valence-corrected chi connectivity index (χ0v) is 37.2. The molecule has 0 bridgehead atoms. The first-order valence-corrected chi connectivity index (χ1v) is 24.3. The minimum Gasteiger partial charge on any atom is -0.462 e. The first kappa shape index (κ1) is 55.1. The van der Waals surface area contributed by atoms with Crippen LogP contribution < -0.4 is 0 Å². The standard InChI is InChI=1S/C45H81O13P/c1-3-5-7-9-11-13-15-17-18-19-20-22-24-26-28-30-32-34-39(47)57-37(36-56-59(53,54)58-45-43(51)41(49)40(48)42(50)44(45)52)35-55-38(46)33-31-29-27-25-23-21-16-14-12-10-8-6-4-2/h11,13-14,16-18,37,40-45,48-52H,3-10,12,15,19-36H2,1-2H3,(H,53,54)/b13-11-,16-14-,18-17-/t37-,40?,41-,42?,43?,44?,45?/m1/s1. The second kappa shape index (κ2) is 35.6. The van der Waals surface area contributed by atoms with Gasteiger partial charge in [-0.3, -0.25) is 18.6 Å². The summed E-state index contributed by atoms with van der Waals surface area (Å²) in [6, 6.07) is 0. The third-order valence-corrected chi connectivity index (χ3v) is 11.4. The Kier molecular flexibility index (Phi) is 33.3. The maximum atomic E-state index is 12.8. The van der Waals surface area contributed by atoms with Gasteiger partial charge in [-0.05, 0) is 70.6 Å². The topological polar surface area (TPSA) is 210 Å². The minimum atomic E-state index is -5.12. The largest absolute Gasteiger partial charge is 0.472 e. The number of hydrogen-bond acceptors (Lipinski definition) is 12. The molecule has 0 aliphatic heterocycles. The smallest absolute Gasteiger partial charge is 0.462 e. The van der Waals surface area contributed by atoms with E-state index in [-0.39, 0.29) is 12.8 Å². The Morgan fingerprint density at radius 1 is 0.525 bits per heavy atom. The van der Waals surface area contributed by atoms with Crippen LogP contribution in [0.2, 0.25) is 0 Å². The van der Waals surface area contributed by atoms with E-state index in [1.807, 2.05) is 0 Å². The van der Waals surface area contributed by atoms with Crippen LogP contribution in [0, 0.1) is 0 Å². The number of unbranched alkanes of at least 4 members (excludes halogenated alkanes) is 19. The van der Waals surface area contributed by atoms with Gasteiger partial charge in [0.25, 0.3) is 0 Å². The second-order valence-electron chi connectivity index (χ2n) is 15.9. The van der Waals surface area contributed by atoms with Gasteiger partial charge in [-0.1, -0.05) is 134 Å². The highest BCUT2D eigenvalue weighted by Crippen LogP contribution is 2.47. The van der Waals surface area contributed by atoms with Crippen LogP contribution in [0.3, 0.4) is 0 Å². The number of carbonyl (C=O) groups excluding carboxylic acids is 2. The minimum absolute atomic E-state index is 0.0862. The Morgan fingerprint density at radius 2 is 0.915 bits per heavy atom. The van der Waals surface area contributed by atoms with Gasteiger partial charge in [-0.2, -0.15) is 0 Å². The molecule has 1 aliphatic rings. The zero-order chi connectivity index (χ0) is 43.6. The number of esters is 2. The molecule has 1 saturated carbocycles. The molecule has 0 saturated heterocycles. The lowest BCUT2D eigenvalue weighted by molar-refractivity contribution is -0.220. The van der Waals surface area contributed by atoms with Crippen molar-refractivity contribution in [3.05, 3.63) is 36.5 Å². The highest BCUT2D eigenvalue weighted by atomic mass is 31.2. The van der Waals surface area contributed by atoms with Crippen LogP contribution in [0.5, 0.6) is 0 Å². The van der Waals surface area contributed by atoms with Gasteiger partial charge in [0.2, 0.25) is 0 Å². The molecule has 6 N–H and O–H groups in total. The number of allylic oxidation sites excluding steroid dienone is 6. The number of carbonyl (C=O) groups is 2. The molecule has 0 aromatic heterocycles. The van der Waals surface area contributed by atoms with Gasteiger partial charge in [-0.25, -0.2) is 4.57 Å². The Morgan fingerprint density at radius 3 is 1.42 bits per heavy atom. The van der Waals surface area contributed by atoms with E-state index in [2.05, 4.69) is 50.3 Å². The first-order chi connectivity index (χ1) is 28.4. The summed E-state index contributed by atoms with van der Waals surface area (Å²) < 4.78 is 33.5. The molecule has 1 rings (SSSR count). The molecule has 0 spiro atoms. The molecule has 14 heteroatoms. The summed E-state index contributed by atoms with van der Waals surface area (Å²) in [4.78, 5) is 35.7. The van der Waals surface area contributed by atoms with Crippen molar-refractivity contribution >= 4 is 19.8 Å². The fourth-order valence-corrected chi connectivity index (χ4v) is 7.70. The number of aliphatic hydroxyl groups excluding tert-OH is 5. The van der Waals surface area contributed by atoms with E-state index in [0.29, 0.717) is 12.8 Å². The summed E-state index contributed by atoms with van der Waals surface area (Å²) in [5, 5.41) is 50.1. The maximum absolute atomic E-state index is 12.8. The Balaban J connectivity index is 2.48. The molecule has 0 aromatic carbocycles. The summed E-state index contributed by atoms with van der Waals surface area (Å²) >= 11 is 0. The molecule has 0 radical (unpaired) electrons. The number of hydrogen-bond donors (Lipinski definition) is 6. The molecule has 0 amide bonds. The first-order valence-electron chi connectivity index (χ1n) is 22.8. The van der Waals surface area contributed by atoms with E-state index < -0.39 is 75.7 Å². The van der Waals surface area contributed by atoms with Crippen LogP contribution >= 0.6 is 7.82 Å². The van der Waals surface area contributed by atoms with Crippen LogP contribution in [0.25, 0.3) is 0 Å². The zero-order valence-electron chi connectivity index (χ0n) is 36.3. The van der Waals surface area contributed by atoms with E-state index in [9.17, 15) is 44.6 Å². The van der Waals surface area contributed by atoms with Gasteiger partial charge < -0.3 is 39.9 Å². The van der Waals surface area contributed by atoms with Gasteiger partial charge in [0.15, 0.2) is 6.10 Å². The second-order valence-corrected chi connectivity index (χ2v) is 17.3. The quantitative estimate of drug-likeness (QED) is 0.0150. The molecule has 8 atom stereocenters. The van der Waals surface area contributed by atoms with Gasteiger partial charge >= 0.3 is 19.8 Å². The van der Waals surface area contributed by atoms with Crippen molar-refractivity contribution in [1.82, 2.24) is 0 Å². The van der Waals surface area contributed by atoms with Gasteiger partial charge in [0.1, 0.15) is 43.2 Å². The van der Waals surface area contributed by atoms with Crippen molar-refractivity contribution in [3.63, 3.8) is 0 Å². The molecular weight excluding hydrogens is 779 g/mol.